The van der Waals surface area contributed by atoms with E-state index in [1.165, 1.54) is 5.56 Å². The molecule has 2 rings (SSSR count). The summed E-state index contributed by atoms with van der Waals surface area (Å²) in [6.45, 7) is 7.87. The topological polar surface area (TPSA) is 58.1 Å². The van der Waals surface area contributed by atoms with E-state index in [9.17, 15) is 0 Å². The molecule has 1 aromatic heterocycles. The summed E-state index contributed by atoms with van der Waals surface area (Å²) in [4.78, 5) is 6.82. The number of hydrogen-bond donors (Lipinski definition) is 2. The third-order valence-corrected chi connectivity index (χ3v) is 5.48. The van der Waals surface area contributed by atoms with Crippen LogP contribution in [0, 0.1) is 0 Å². The summed E-state index contributed by atoms with van der Waals surface area (Å²) >= 11 is 1.74. The lowest BCUT2D eigenvalue weighted by molar-refractivity contribution is 0.219. The Balaban J connectivity index is 1.98. The van der Waals surface area contributed by atoms with E-state index in [1.54, 1.807) is 32.6 Å². The van der Waals surface area contributed by atoms with Crippen LogP contribution in [0.25, 0.3) is 0 Å². The fourth-order valence-electron chi connectivity index (χ4n) is 3.18. The molecule has 28 heavy (non-hydrogen) atoms. The summed E-state index contributed by atoms with van der Waals surface area (Å²) in [6, 6.07) is 8.43. The van der Waals surface area contributed by atoms with Gasteiger partial charge in [0, 0.05) is 20.1 Å². The predicted molar refractivity (Wildman–Crippen MR) is 118 cm³/mol. The minimum atomic E-state index is 0.320. The van der Waals surface area contributed by atoms with Crippen LogP contribution in [0.1, 0.15) is 31.0 Å². The Kier molecular flexibility index (Phi) is 9.10. The largest absolute Gasteiger partial charge is 0.493 e. The zero-order chi connectivity index (χ0) is 20.4. The summed E-state index contributed by atoms with van der Waals surface area (Å²) < 4.78 is 10.7. The minimum Gasteiger partial charge on any atom is -0.493 e. The third-order valence-electron chi connectivity index (χ3n) is 4.78. The number of methoxy groups -OCH3 is 2. The highest BCUT2D eigenvalue weighted by Gasteiger charge is 2.18. The fraction of sp³-hybridized carbons (Fsp3) is 0.476. The number of nitrogens with one attached hydrogen (secondary N) is 2. The van der Waals surface area contributed by atoms with Crippen molar-refractivity contribution < 1.29 is 9.47 Å². The van der Waals surface area contributed by atoms with E-state index < -0.39 is 0 Å². The second kappa shape index (κ2) is 11.6. The van der Waals surface area contributed by atoms with Crippen LogP contribution >= 0.6 is 11.3 Å². The molecule has 7 heteroatoms. The molecule has 1 aromatic carbocycles. The molecule has 0 bridgehead atoms. The van der Waals surface area contributed by atoms with E-state index in [1.807, 2.05) is 18.2 Å². The number of hydrogen-bond acceptors (Lipinski definition) is 5. The Bertz CT molecular complexity index is 730. The number of ether oxygens (including phenoxy) is 2. The highest BCUT2D eigenvalue weighted by atomic mass is 32.1. The quantitative estimate of drug-likeness (QED) is 0.469. The predicted octanol–water partition coefficient (Wildman–Crippen LogP) is 3.51. The molecule has 2 aromatic rings. The Morgan fingerprint density at radius 1 is 1.11 bits per heavy atom. The second-order valence-electron chi connectivity index (χ2n) is 6.29. The molecule has 0 aliphatic rings. The molecule has 1 heterocycles. The monoisotopic (exact) mass is 404 g/mol. The molecule has 0 aliphatic heterocycles. The van der Waals surface area contributed by atoms with Gasteiger partial charge >= 0.3 is 0 Å². The van der Waals surface area contributed by atoms with Crippen molar-refractivity contribution in [3.63, 3.8) is 0 Å². The molecule has 154 valence electrons. The summed E-state index contributed by atoms with van der Waals surface area (Å²) in [5, 5.41) is 11.2. The van der Waals surface area contributed by atoms with Gasteiger partial charge in [-0.15, -0.1) is 0 Å². The van der Waals surface area contributed by atoms with Crippen LogP contribution < -0.4 is 20.1 Å². The highest BCUT2D eigenvalue weighted by molar-refractivity contribution is 7.07. The molecule has 0 aliphatic carbocycles. The van der Waals surface area contributed by atoms with Crippen molar-refractivity contribution in [2.24, 2.45) is 4.99 Å². The Hall–Kier alpha value is -2.25. The van der Waals surface area contributed by atoms with Gasteiger partial charge in [0.05, 0.1) is 20.3 Å². The van der Waals surface area contributed by atoms with Crippen molar-refractivity contribution in [3.05, 3.63) is 46.2 Å². The van der Waals surface area contributed by atoms with Crippen molar-refractivity contribution in [3.8, 4) is 11.5 Å². The number of likely N-dealkylation sites (N-methyl/N-ethyl adjacent to an activating group) is 1. The average Bonchev–Trinajstić information content (AvgIpc) is 3.27. The van der Waals surface area contributed by atoms with Gasteiger partial charge in [-0.1, -0.05) is 19.9 Å². The number of guanidine groups is 1. The smallest absolute Gasteiger partial charge is 0.191 e. The molecule has 1 atom stereocenters. The van der Waals surface area contributed by atoms with Crippen molar-refractivity contribution in [2.75, 3.05) is 40.9 Å². The average molecular weight is 405 g/mol. The first-order valence-corrected chi connectivity index (χ1v) is 10.5. The van der Waals surface area contributed by atoms with Crippen LogP contribution in [-0.2, 0) is 6.54 Å². The number of benzene rings is 1. The van der Waals surface area contributed by atoms with E-state index in [0.29, 0.717) is 12.6 Å². The first-order valence-electron chi connectivity index (χ1n) is 9.58. The lowest BCUT2D eigenvalue weighted by atomic mass is 10.1. The van der Waals surface area contributed by atoms with E-state index in [-0.39, 0.29) is 0 Å². The van der Waals surface area contributed by atoms with E-state index >= 15 is 0 Å². The van der Waals surface area contributed by atoms with Gasteiger partial charge in [-0.2, -0.15) is 11.3 Å². The third kappa shape index (κ3) is 5.87. The summed E-state index contributed by atoms with van der Waals surface area (Å²) in [5.74, 6) is 2.23. The van der Waals surface area contributed by atoms with Gasteiger partial charge in [0.1, 0.15) is 0 Å². The van der Waals surface area contributed by atoms with Crippen molar-refractivity contribution in [1.29, 1.82) is 0 Å². The number of nitrogens with zero attached hydrogens (tertiary/aromatic N) is 2. The van der Waals surface area contributed by atoms with E-state index in [4.69, 9.17) is 9.47 Å². The van der Waals surface area contributed by atoms with Gasteiger partial charge in [0.2, 0.25) is 0 Å². The van der Waals surface area contributed by atoms with Crippen molar-refractivity contribution in [1.82, 2.24) is 15.5 Å². The lowest BCUT2D eigenvalue weighted by Gasteiger charge is -2.30. The second-order valence-corrected chi connectivity index (χ2v) is 7.07. The molecular weight excluding hydrogens is 372 g/mol. The molecule has 0 radical (unpaired) electrons. The van der Waals surface area contributed by atoms with E-state index in [0.717, 1.165) is 42.7 Å². The van der Waals surface area contributed by atoms with Gasteiger partial charge < -0.3 is 20.1 Å². The SMILES string of the molecule is CCN(CC)C(CNC(=NC)NCc1ccc(OC)c(OC)c1)c1ccsc1. The number of thiophene rings is 1. The van der Waals surface area contributed by atoms with Crippen LogP contribution in [0.15, 0.2) is 40.0 Å². The summed E-state index contributed by atoms with van der Waals surface area (Å²) in [7, 11) is 5.08. The first-order chi connectivity index (χ1) is 13.7. The Morgan fingerprint density at radius 3 is 2.43 bits per heavy atom. The van der Waals surface area contributed by atoms with Crippen LogP contribution in [0.3, 0.4) is 0 Å². The summed E-state index contributed by atoms with van der Waals surface area (Å²) in [5.41, 5.74) is 2.44. The van der Waals surface area contributed by atoms with Gasteiger partial charge in [0.25, 0.3) is 0 Å². The Morgan fingerprint density at radius 2 is 1.86 bits per heavy atom. The van der Waals surface area contributed by atoms with Gasteiger partial charge in [-0.3, -0.25) is 9.89 Å². The molecular formula is C21H32N4O2S. The van der Waals surface area contributed by atoms with Crippen LogP contribution in [0.5, 0.6) is 11.5 Å². The van der Waals surface area contributed by atoms with Crippen LogP contribution in [0.4, 0.5) is 0 Å². The molecule has 0 amide bonds. The molecule has 0 saturated heterocycles. The van der Waals surface area contributed by atoms with E-state index in [2.05, 4.69) is 51.2 Å². The Labute approximate surface area is 172 Å². The first kappa shape index (κ1) is 22.0. The standard InChI is InChI=1S/C21H32N4O2S/c1-6-25(7-2)18(17-10-11-28-15-17)14-24-21(22-3)23-13-16-8-9-19(26-4)20(12-16)27-5/h8-12,15,18H,6-7,13-14H2,1-5H3,(H2,22,23,24). The lowest BCUT2D eigenvalue weighted by Crippen LogP contribution is -2.42. The molecule has 2 N–H and O–H groups in total. The zero-order valence-corrected chi connectivity index (χ0v) is 18.3. The maximum atomic E-state index is 5.38. The van der Waals surface area contributed by atoms with Crippen LogP contribution in [-0.4, -0.2) is 51.8 Å². The zero-order valence-electron chi connectivity index (χ0n) is 17.5. The normalized spacial score (nSPS) is 12.7. The van der Waals surface area contributed by atoms with Crippen molar-refractivity contribution in [2.45, 2.75) is 26.4 Å². The number of rotatable bonds is 10. The maximum Gasteiger partial charge on any atom is 0.191 e. The molecule has 0 saturated carbocycles. The number of aliphatic imine (C=N–C) groups is 1. The van der Waals surface area contributed by atoms with Gasteiger partial charge in [-0.25, -0.2) is 0 Å². The van der Waals surface area contributed by atoms with Gasteiger partial charge in [-0.05, 0) is 53.2 Å². The highest BCUT2D eigenvalue weighted by Crippen LogP contribution is 2.27. The fourth-order valence-corrected chi connectivity index (χ4v) is 3.88. The van der Waals surface area contributed by atoms with Gasteiger partial charge in [0.15, 0.2) is 17.5 Å². The molecule has 6 nitrogen and oxygen atoms in total. The maximum absolute atomic E-state index is 5.38. The van der Waals surface area contributed by atoms with Crippen molar-refractivity contribution >= 4 is 17.3 Å². The van der Waals surface area contributed by atoms with Crippen LogP contribution in [0.2, 0.25) is 0 Å². The molecule has 1 unspecified atom stereocenters. The summed E-state index contributed by atoms with van der Waals surface area (Å²) in [6.07, 6.45) is 0. The molecule has 0 fully saturated rings. The molecule has 0 spiro atoms. The minimum absolute atomic E-state index is 0.320.